The summed E-state index contributed by atoms with van der Waals surface area (Å²) in [5, 5.41) is 7.07. The van der Waals surface area contributed by atoms with E-state index in [9.17, 15) is 0 Å². The number of nitrogens with zero attached hydrogens (tertiary/aromatic N) is 1. The molecular weight excluding hydrogens is 336 g/mol. The average Bonchev–Trinajstić information content (AvgIpc) is 2.26. The predicted molar refractivity (Wildman–Crippen MR) is 80.7 cm³/mol. The van der Waals surface area contributed by atoms with Crippen LogP contribution in [0.4, 0.5) is 0 Å². The third-order valence-corrected chi connectivity index (χ3v) is 2.34. The average molecular weight is 354 g/mol. The van der Waals surface area contributed by atoms with E-state index < -0.39 is 0 Å². The van der Waals surface area contributed by atoms with Gasteiger partial charge in [-0.2, -0.15) is 0 Å². The van der Waals surface area contributed by atoms with E-state index in [1.165, 1.54) is 0 Å². The maximum absolute atomic E-state index is 6.03. The van der Waals surface area contributed by atoms with Gasteiger partial charge in [0.25, 0.3) is 0 Å². The van der Waals surface area contributed by atoms with E-state index in [2.05, 4.69) is 15.6 Å². The van der Waals surface area contributed by atoms with Crippen LogP contribution in [0, 0.1) is 0 Å². The van der Waals surface area contributed by atoms with Gasteiger partial charge in [0.15, 0.2) is 5.96 Å². The highest BCUT2D eigenvalue weighted by atomic mass is 127. The Kier molecular flexibility index (Phi) is 8.37. The van der Waals surface area contributed by atoms with Gasteiger partial charge in [-0.3, -0.25) is 4.99 Å². The Morgan fingerprint density at radius 2 is 2.00 bits per heavy atom. The highest BCUT2D eigenvalue weighted by Gasteiger charge is 1.99. The Hall–Kier alpha value is -0.490. The molecule has 0 spiro atoms. The van der Waals surface area contributed by atoms with Gasteiger partial charge in [-0.1, -0.05) is 29.8 Å². The quantitative estimate of drug-likeness (QED) is 0.498. The summed E-state index contributed by atoms with van der Waals surface area (Å²) in [6.07, 6.45) is 0. The van der Waals surface area contributed by atoms with Crippen molar-refractivity contribution in [3.8, 4) is 0 Å². The fraction of sp³-hybridized carbons (Fsp3) is 0.364. The Balaban J connectivity index is 0.00000225. The van der Waals surface area contributed by atoms with Crippen molar-refractivity contribution < 1.29 is 0 Å². The topological polar surface area (TPSA) is 36.4 Å². The molecule has 0 saturated heterocycles. The van der Waals surface area contributed by atoms with Crippen molar-refractivity contribution in [2.45, 2.75) is 13.5 Å². The number of guanidine groups is 1. The minimum atomic E-state index is 0. The molecule has 0 aromatic heterocycles. The van der Waals surface area contributed by atoms with E-state index in [4.69, 9.17) is 11.6 Å². The van der Waals surface area contributed by atoms with Crippen LogP contribution in [-0.2, 0) is 6.54 Å². The van der Waals surface area contributed by atoms with E-state index in [1.54, 1.807) is 7.05 Å². The molecule has 0 heterocycles. The molecule has 0 aliphatic carbocycles. The van der Waals surface area contributed by atoms with Gasteiger partial charge in [-0.15, -0.1) is 24.0 Å². The van der Waals surface area contributed by atoms with Crippen LogP contribution in [0.3, 0.4) is 0 Å². The monoisotopic (exact) mass is 353 g/mol. The summed E-state index contributed by atoms with van der Waals surface area (Å²) in [6.45, 7) is 3.56. The molecule has 1 rings (SSSR count). The fourth-order valence-electron chi connectivity index (χ4n) is 1.21. The standard InChI is InChI=1S/C11H16ClN3.HI/c1-3-14-11(13-2)15-8-9-6-4-5-7-10(9)12;/h4-7H,3,8H2,1-2H3,(H2,13,14,15);1H. The summed E-state index contributed by atoms with van der Waals surface area (Å²) in [4.78, 5) is 4.07. The third kappa shape index (κ3) is 5.03. The summed E-state index contributed by atoms with van der Waals surface area (Å²) in [5.74, 6) is 0.789. The molecule has 0 atom stereocenters. The highest BCUT2D eigenvalue weighted by Crippen LogP contribution is 2.13. The van der Waals surface area contributed by atoms with Gasteiger partial charge in [0.05, 0.1) is 0 Å². The van der Waals surface area contributed by atoms with Gasteiger partial charge in [-0.05, 0) is 18.6 Å². The first-order chi connectivity index (χ1) is 7.27. The number of rotatable bonds is 3. The largest absolute Gasteiger partial charge is 0.357 e. The number of benzene rings is 1. The number of hydrogen-bond acceptors (Lipinski definition) is 1. The number of halogens is 2. The van der Waals surface area contributed by atoms with Gasteiger partial charge < -0.3 is 10.6 Å². The summed E-state index contributed by atoms with van der Waals surface area (Å²) < 4.78 is 0. The van der Waals surface area contributed by atoms with E-state index in [0.29, 0.717) is 6.54 Å². The Morgan fingerprint density at radius 1 is 1.31 bits per heavy atom. The molecule has 16 heavy (non-hydrogen) atoms. The lowest BCUT2D eigenvalue weighted by Crippen LogP contribution is -2.36. The Bertz CT molecular complexity index is 342. The zero-order valence-electron chi connectivity index (χ0n) is 9.46. The van der Waals surface area contributed by atoms with Crippen molar-refractivity contribution >= 4 is 41.5 Å². The van der Waals surface area contributed by atoms with Gasteiger partial charge in [0, 0.05) is 25.2 Å². The second-order valence-electron chi connectivity index (χ2n) is 3.05. The van der Waals surface area contributed by atoms with E-state index in [1.807, 2.05) is 31.2 Å². The first-order valence-corrected chi connectivity index (χ1v) is 5.33. The molecule has 0 aliphatic rings. The maximum Gasteiger partial charge on any atom is 0.191 e. The molecule has 0 radical (unpaired) electrons. The highest BCUT2D eigenvalue weighted by molar-refractivity contribution is 14.0. The van der Waals surface area contributed by atoms with Crippen molar-refractivity contribution in [2.75, 3.05) is 13.6 Å². The Morgan fingerprint density at radius 3 is 2.56 bits per heavy atom. The number of aliphatic imine (C=N–C) groups is 1. The molecule has 0 unspecified atom stereocenters. The van der Waals surface area contributed by atoms with Crippen molar-refractivity contribution in [2.24, 2.45) is 4.99 Å². The molecule has 2 N–H and O–H groups in total. The zero-order chi connectivity index (χ0) is 11.1. The van der Waals surface area contributed by atoms with Gasteiger partial charge >= 0.3 is 0 Å². The molecular formula is C11H17ClIN3. The molecule has 0 saturated carbocycles. The molecule has 0 amide bonds. The van der Waals surface area contributed by atoms with Crippen LogP contribution in [0.2, 0.25) is 5.02 Å². The first kappa shape index (κ1) is 15.5. The summed E-state index contributed by atoms with van der Waals surface area (Å²) in [5.41, 5.74) is 1.07. The van der Waals surface area contributed by atoms with Crippen molar-refractivity contribution in [1.29, 1.82) is 0 Å². The van der Waals surface area contributed by atoms with Crippen LogP contribution >= 0.6 is 35.6 Å². The van der Waals surface area contributed by atoms with Crippen LogP contribution in [0.5, 0.6) is 0 Å². The second kappa shape index (κ2) is 8.64. The van der Waals surface area contributed by atoms with E-state index in [0.717, 1.165) is 23.1 Å². The molecule has 90 valence electrons. The number of hydrogen-bond donors (Lipinski definition) is 2. The van der Waals surface area contributed by atoms with Crippen LogP contribution in [-0.4, -0.2) is 19.6 Å². The first-order valence-electron chi connectivity index (χ1n) is 4.95. The van der Waals surface area contributed by atoms with Crippen LogP contribution in [0.25, 0.3) is 0 Å². The smallest absolute Gasteiger partial charge is 0.191 e. The predicted octanol–water partition coefficient (Wildman–Crippen LogP) is 2.64. The van der Waals surface area contributed by atoms with E-state index in [-0.39, 0.29) is 24.0 Å². The van der Waals surface area contributed by atoms with Crippen LogP contribution in [0.15, 0.2) is 29.3 Å². The lowest BCUT2D eigenvalue weighted by molar-refractivity contribution is 0.830. The van der Waals surface area contributed by atoms with Gasteiger partial charge in [-0.25, -0.2) is 0 Å². The molecule has 1 aromatic carbocycles. The van der Waals surface area contributed by atoms with E-state index >= 15 is 0 Å². The van der Waals surface area contributed by atoms with Crippen molar-refractivity contribution in [1.82, 2.24) is 10.6 Å². The lowest BCUT2D eigenvalue weighted by atomic mass is 10.2. The third-order valence-electron chi connectivity index (χ3n) is 1.97. The molecule has 5 heteroatoms. The minimum Gasteiger partial charge on any atom is -0.357 e. The van der Waals surface area contributed by atoms with Crippen molar-refractivity contribution in [3.05, 3.63) is 34.9 Å². The molecule has 0 aliphatic heterocycles. The van der Waals surface area contributed by atoms with Crippen molar-refractivity contribution in [3.63, 3.8) is 0 Å². The summed E-state index contributed by atoms with van der Waals surface area (Å²) in [6, 6.07) is 7.77. The van der Waals surface area contributed by atoms with Crippen LogP contribution < -0.4 is 10.6 Å². The Labute approximate surface area is 119 Å². The molecule has 3 nitrogen and oxygen atoms in total. The lowest BCUT2D eigenvalue weighted by Gasteiger charge is -2.10. The molecule has 0 fully saturated rings. The number of nitrogens with one attached hydrogen (secondary N) is 2. The minimum absolute atomic E-state index is 0. The molecule has 0 bridgehead atoms. The van der Waals surface area contributed by atoms with Gasteiger partial charge in [0.1, 0.15) is 0 Å². The zero-order valence-corrected chi connectivity index (χ0v) is 12.5. The maximum atomic E-state index is 6.03. The molecule has 1 aromatic rings. The summed E-state index contributed by atoms with van der Waals surface area (Å²) >= 11 is 6.03. The normalized spacial score (nSPS) is 10.6. The summed E-state index contributed by atoms with van der Waals surface area (Å²) in [7, 11) is 1.75. The second-order valence-corrected chi connectivity index (χ2v) is 3.45. The van der Waals surface area contributed by atoms with Crippen LogP contribution in [0.1, 0.15) is 12.5 Å². The van der Waals surface area contributed by atoms with Gasteiger partial charge in [0.2, 0.25) is 0 Å². The fourth-order valence-corrected chi connectivity index (χ4v) is 1.41. The SMILES string of the molecule is CCNC(=NC)NCc1ccccc1Cl.I.